The van der Waals surface area contributed by atoms with E-state index < -0.39 is 18.6 Å². The molecule has 4 nitrogen and oxygen atoms in total. The van der Waals surface area contributed by atoms with Crippen molar-refractivity contribution in [3.05, 3.63) is 30.1 Å². The van der Waals surface area contributed by atoms with Crippen molar-refractivity contribution >= 4 is 5.91 Å². The van der Waals surface area contributed by atoms with Crippen molar-refractivity contribution in [2.45, 2.75) is 52.3 Å². The molecule has 0 saturated heterocycles. The Morgan fingerprint density at radius 3 is 2.30 bits per heavy atom. The molecule has 1 amide bonds. The summed E-state index contributed by atoms with van der Waals surface area (Å²) in [6.45, 7) is 11.6. The highest BCUT2D eigenvalue weighted by Gasteiger charge is 2.34. The highest BCUT2D eigenvalue weighted by molar-refractivity contribution is 5.92. The van der Waals surface area contributed by atoms with Gasteiger partial charge in [0.15, 0.2) is 5.69 Å². The van der Waals surface area contributed by atoms with Crippen LogP contribution in [0.1, 0.15) is 56.7 Å². The second-order valence-electron chi connectivity index (χ2n) is 6.78. The lowest BCUT2D eigenvalue weighted by atomic mass is 10.1. The third-order valence-corrected chi connectivity index (χ3v) is 3.19. The Morgan fingerprint density at radius 1 is 1.39 bits per heavy atom. The van der Waals surface area contributed by atoms with Crippen LogP contribution in [0.5, 0.6) is 0 Å². The van der Waals surface area contributed by atoms with Crippen LogP contribution in [0, 0.1) is 0 Å². The highest BCUT2D eigenvalue weighted by atomic mass is 19.4. The van der Waals surface area contributed by atoms with E-state index in [-0.39, 0.29) is 23.7 Å². The number of carbonyl (C=O) groups excluding carboxylic acids is 1. The number of hydrogen-bond donors (Lipinski definition) is 0. The number of halogens is 3. The molecule has 0 fully saturated rings. The molecule has 0 aromatic carbocycles. The first kappa shape index (κ1) is 19.3. The number of aromatic nitrogens is 2. The number of rotatable bonds is 5. The molecule has 1 aromatic heterocycles. The van der Waals surface area contributed by atoms with Crippen molar-refractivity contribution < 1.29 is 18.0 Å². The van der Waals surface area contributed by atoms with E-state index in [1.54, 1.807) is 10.7 Å². The Balaban J connectivity index is 3.22. The molecule has 0 aliphatic rings. The number of nitrogens with zero attached hydrogens (tertiary/aromatic N) is 3. The summed E-state index contributed by atoms with van der Waals surface area (Å²) in [5.74, 6) is -0.647. The second-order valence-corrected chi connectivity index (χ2v) is 6.78. The summed E-state index contributed by atoms with van der Waals surface area (Å²) in [7, 11) is 0. The van der Waals surface area contributed by atoms with E-state index >= 15 is 0 Å². The van der Waals surface area contributed by atoms with Gasteiger partial charge >= 0.3 is 6.18 Å². The molecule has 1 rings (SSSR count). The average Bonchev–Trinajstić information content (AvgIpc) is 2.80. The Hall–Kier alpha value is -1.79. The first-order chi connectivity index (χ1) is 10.4. The zero-order chi connectivity index (χ0) is 18.0. The predicted octanol–water partition coefficient (Wildman–Crippen LogP) is 3.95. The molecule has 0 bridgehead atoms. The second kappa shape index (κ2) is 6.76. The molecule has 0 saturated carbocycles. The Kier molecular flexibility index (Phi) is 5.66. The summed E-state index contributed by atoms with van der Waals surface area (Å²) >= 11 is 0. The minimum absolute atomic E-state index is 0.0229. The third-order valence-electron chi connectivity index (χ3n) is 3.19. The summed E-state index contributed by atoms with van der Waals surface area (Å²) in [6.07, 6.45) is -3.19. The summed E-state index contributed by atoms with van der Waals surface area (Å²) in [5, 5.41) is 4.26. The zero-order valence-electron chi connectivity index (χ0n) is 14.2. The van der Waals surface area contributed by atoms with Crippen molar-refractivity contribution in [2.24, 2.45) is 0 Å². The van der Waals surface area contributed by atoms with E-state index in [1.165, 1.54) is 6.08 Å². The fourth-order valence-electron chi connectivity index (χ4n) is 2.20. The van der Waals surface area contributed by atoms with E-state index in [4.69, 9.17) is 0 Å². The normalized spacial score (nSPS) is 12.6. The highest BCUT2D eigenvalue weighted by Crippen LogP contribution is 2.25. The molecule has 7 heteroatoms. The maximum Gasteiger partial charge on any atom is 0.406 e. The molecule has 1 aromatic rings. The van der Waals surface area contributed by atoms with E-state index in [1.807, 2.05) is 34.6 Å². The van der Waals surface area contributed by atoms with E-state index in [0.717, 1.165) is 5.69 Å². The van der Waals surface area contributed by atoms with E-state index in [9.17, 15) is 18.0 Å². The van der Waals surface area contributed by atoms with Crippen molar-refractivity contribution in [1.82, 2.24) is 14.7 Å². The zero-order valence-corrected chi connectivity index (χ0v) is 14.2. The lowest BCUT2D eigenvalue weighted by molar-refractivity contribution is -0.139. The van der Waals surface area contributed by atoms with Gasteiger partial charge in [0.05, 0.1) is 5.54 Å². The molecule has 0 N–H and O–H groups in total. The third kappa shape index (κ3) is 5.11. The summed E-state index contributed by atoms with van der Waals surface area (Å²) in [6, 6.07) is 1.57. The molecule has 0 radical (unpaired) electrons. The number of amides is 1. The fraction of sp³-hybridized carbons (Fsp3) is 0.625. The molecule has 23 heavy (non-hydrogen) atoms. The lowest BCUT2D eigenvalue weighted by Gasteiger charge is -2.24. The number of carbonyl (C=O) groups is 1. The Bertz CT molecular complexity index is 568. The maximum atomic E-state index is 12.7. The maximum absolute atomic E-state index is 12.7. The molecule has 0 atom stereocenters. The Morgan fingerprint density at radius 2 is 1.96 bits per heavy atom. The largest absolute Gasteiger partial charge is 0.406 e. The first-order valence-electron chi connectivity index (χ1n) is 7.44. The standard InChI is InChI=1S/C16H24F3N3O/c1-7-8-21(10-16(17,18)19)14(23)12-9-13(11(2)3)22(20-12)15(4,5)6/h7,9,11H,1,8,10H2,2-6H3. The SMILES string of the molecule is C=CCN(CC(F)(F)F)C(=O)c1cc(C(C)C)n(C(C)(C)C)n1. The van der Waals surface area contributed by atoms with Gasteiger partial charge in [-0.1, -0.05) is 19.9 Å². The first-order valence-corrected chi connectivity index (χ1v) is 7.44. The quantitative estimate of drug-likeness (QED) is 0.766. The van der Waals surface area contributed by atoms with Gasteiger partial charge in [-0.3, -0.25) is 9.48 Å². The Labute approximate surface area is 135 Å². The number of alkyl halides is 3. The van der Waals surface area contributed by atoms with Gasteiger partial charge < -0.3 is 4.90 Å². The summed E-state index contributed by atoms with van der Waals surface area (Å²) < 4.78 is 39.7. The van der Waals surface area contributed by atoms with Crippen LogP contribution in [-0.4, -0.2) is 39.9 Å². The van der Waals surface area contributed by atoms with Gasteiger partial charge in [-0.05, 0) is 32.8 Å². The molecule has 1 heterocycles. The van der Waals surface area contributed by atoms with Gasteiger partial charge in [0.25, 0.3) is 5.91 Å². The van der Waals surface area contributed by atoms with Crippen molar-refractivity contribution in [3.8, 4) is 0 Å². The van der Waals surface area contributed by atoms with Gasteiger partial charge in [0.2, 0.25) is 0 Å². The van der Waals surface area contributed by atoms with Crippen LogP contribution in [0.2, 0.25) is 0 Å². The van der Waals surface area contributed by atoms with Crippen molar-refractivity contribution in [1.29, 1.82) is 0 Å². The topological polar surface area (TPSA) is 38.1 Å². The fourth-order valence-corrected chi connectivity index (χ4v) is 2.20. The lowest BCUT2D eigenvalue weighted by Crippen LogP contribution is -2.39. The van der Waals surface area contributed by atoms with Crippen molar-refractivity contribution in [2.75, 3.05) is 13.1 Å². The van der Waals surface area contributed by atoms with Gasteiger partial charge in [-0.2, -0.15) is 18.3 Å². The van der Waals surface area contributed by atoms with Crippen LogP contribution >= 0.6 is 0 Å². The summed E-state index contributed by atoms with van der Waals surface area (Å²) in [4.78, 5) is 13.1. The van der Waals surface area contributed by atoms with Gasteiger partial charge in [0.1, 0.15) is 6.54 Å². The molecule has 0 unspecified atom stereocenters. The molecule has 0 aliphatic heterocycles. The molecule has 130 valence electrons. The molecule has 0 aliphatic carbocycles. The van der Waals surface area contributed by atoms with Crippen molar-refractivity contribution in [3.63, 3.8) is 0 Å². The van der Waals surface area contributed by atoms with Crippen LogP contribution < -0.4 is 0 Å². The van der Waals surface area contributed by atoms with Gasteiger partial charge in [0, 0.05) is 12.2 Å². The van der Waals surface area contributed by atoms with Gasteiger partial charge in [-0.25, -0.2) is 0 Å². The monoisotopic (exact) mass is 331 g/mol. The predicted molar refractivity (Wildman–Crippen MR) is 83.5 cm³/mol. The minimum Gasteiger partial charge on any atom is -0.324 e. The van der Waals surface area contributed by atoms with Gasteiger partial charge in [-0.15, -0.1) is 6.58 Å². The van der Waals surface area contributed by atoms with Crippen LogP contribution in [0.4, 0.5) is 13.2 Å². The minimum atomic E-state index is -4.47. The van der Waals surface area contributed by atoms with E-state index in [2.05, 4.69) is 11.7 Å². The average molecular weight is 331 g/mol. The van der Waals surface area contributed by atoms with Crippen LogP contribution in [0.15, 0.2) is 18.7 Å². The molecular weight excluding hydrogens is 307 g/mol. The molecular formula is C16H24F3N3O. The van der Waals surface area contributed by atoms with Crippen LogP contribution in [0.3, 0.4) is 0 Å². The number of hydrogen-bond acceptors (Lipinski definition) is 2. The molecule has 0 spiro atoms. The smallest absolute Gasteiger partial charge is 0.324 e. The van der Waals surface area contributed by atoms with E-state index in [0.29, 0.717) is 4.90 Å². The summed E-state index contributed by atoms with van der Waals surface area (Å²) in [5.41, 5.74) is 0.465. The van der Waals surface area contributed by atoms with Crippen LogP contribution in [-0.2, 0) is 5.54 Å². The van der Waals surface area contributed by atoms with Crippen LogP contribution in [0.25, 0.3) is 0 Å².